The van der Waals surface area contributed by atoms with E-state index in [0.29, 0.717) is 0 Å². The molecular weight excluding hydrogens is 321 g/mol. The number of nitrogens with one attached hydrogen (secondary N) is 1. The number of benzene rings is 1. The van der Waals surface area contributed by atoms with Crippen molar-refractivity contribution < 1.29 is 0 Å². The van der Waals surface area contributed by atoms with E-state index in [-0.39, 0.29) is 0 Å². The molecule has 0 aliphatic rings. The van der Waals surface area contributed by atoms with E-state index in [1.54, 1.807) is 0 Å². The Bertz CT molecular complexity index is 299. The molecule has 1 N–H and O–H groups in total. The van der Waals surface area contributed by atoms with Gasteiger partial charge in [-0.1, -0.05) is 51.5 Å². The predicted octanol–water partition coefficient (Wildman–Crippen LogP) is 5.45. The fraction of sp³-hybridized carbons (Fsp3) is 0.600. The molecule has 0 saturated carbocycles. The van der Waals surface area contributed by atoms with Gasteiger partial charge in [0.25, 0.3) is 0 Å². The Morgan fingerprint density at radius 1 is 1.00 bits per heavy atom. The molecular formula is C15H24IN. The van der Waals surface area contributed by atoms with Crippen molar-refractivity contribution in [3.05, 3.63) is 27.8 Å². The molecule has 17 heavy (non-hydrogen) atoms. The summed E-state index contributed by atoms with van der Waals surface area (Å²) in [7, 11) is 0. The zero-order chi connectivity index (χ0) is 12.3. The second-order valence-corrected chi connectivity index (χ2v) is 5.80. The largest absolute Gasteiger partial charge is 0.385 e. The summed E-state index contributed by atoms with van der Waals surface area (Å²) >= 11 is 2.35. The van der Waals surface area contributed by atoms with Crippen LogP contribution < -0.4 is 5.32 Å². The zero-order valence-corrected chi connectivity index (χ0v) is 13.0. The van der Waals surface area contributed by atoms with Gasteiger partial charge >= 0.3 is 0 Å². The lowest BCUT2D eigenvalue weighted by atomic mass is 10.1. The maximum atomic E-state index is 3.48. The number of anilines is 1. The molecule has 0 spiro atoms. The van der Waals surface area contributed by atoms with Crippen LogP contribution in [-0.2, 0) is 0 Å². The summed E-state index contributed by atoms with van der Waals surface area (Å²) in [5.41, 5.74) is 1.25. The molecule has 2 heteroatoms. The van der Waals surface area contributed by atoms with E-state index in [1.165, 1.54) is 54.2 Å². The van der Waals surface area contributed by atoms with Crippen LogP contribution in [0.2, 0.25) is 0 Å². The van der Waals surface area contributed by atoms with Gasteiger partial charge in [-0.15, -0.1) is 0 Å². The van der Waals surface area contributed by atoms with Crippen LogP contribution in [0.4, 0.5) is 5.69 Å². The Morgan fingerprint density at radius 2 is 1.71 bits per heavy atom. The highest BCUT2D eigenvalue weighted by Crippen LogP contribution is 2.13. The summed E-state index contributed by atoms with van der Waals surface area (Å²) in [5, 5.41) is 3.48. The third-order valence-corrected chi connectivity index (χ3v) is 3.61. The van der Waals surface area contributed by atoms with Gasteiger partial charge in [0.15, 0.2) is 0 Å². The lowest BCUT2D eigenvalue weighted by Crippen LogP contribution is -2.01. The SMILES string of the molecule is CCCCCCCCCNc1cccc(I)c1. The maximum Gasteiger partial charge on any atom is 0.0350 e. The van der Waals surface area contributed by atoms with Crippen LogP contribution in [-0.4, -0.2) is 6.54 Å². The van der Waals surface area contributed by atoms with Gasteiger partial charge in [0.2, 0.25) is 0 Å². The van der Waals surface area contributed by atoms with Gasteiger partial charge in [-0.2, -0.15) is 0 Å². The van der Waals surface area contributed by atoms with Gasteiger partial charge in [-0.25, -0.2) is 0 Å². The highest BCUT2D eigenvalue weighted by atomic mass is 127. The Kier molecular flexibility index (Phi) is 8.49. The first-order valence-corrected chi connectivity index (χ1v) is 7.90. The van der Waals surface area contributed by atoms with Gasteiger partial charge in [0.1, 0.15) is 0 Å². The molecule has 0 bridgehead atoms. The molecule has 0 aromatic heterocycles. The number of unbranched alkanes of at least 4 members (excludes halogenated alkanes) is 6. The average molecular weight is 345 g/mol. The van der Waals surface area contributed by atoms with E-state index in [0.717, 1.165) is 6.54 Å². The molecule has 1 aromatic carbocycles. The first-order valence-electron chi connectivity index (χ1n) is 6.82. The molecule has 0 heterocycles. The molecule has 0 fully saturated rings. The second-order valence-electron chi connectivity index (χ2n) is 4.56. The molecule has 1 nitrogen and oxygen atoms in total. The van der Waals surface area contributed by atoms with Gasteiger partial charge in [0.05, 0.1) is 0 Å². The summed E-state index contributed by atoms with van der Waals surface area (Å²) in [5.74, 6) is 0. The second kappa shape index (κ2) is 9.75. The number of halogens is 1. The van der Waals surface area contributed by atoms with Crippen molar-refractivity contribution in [3.8, 4) is 0 Å². The quantitative estimate of drug-likeness (QED) is 0.463. The van der Waals surface area contributed by atoms with Crippen molar-refractivity contribution in [1.29, 1.82) is 0 Å². The topological polar surface area (TPSA) is 12.0 Å². The summed E-state index contributed by atoms with van der Waals surface area (Å²) in [6, 6.07) is 8.57. The van der Waals surface area contributed by atoms with Gasteiger partial charge in [-0.3, -0.25) is 0 Å². The molecule has 0 aliphatic heterocycles. The lowest BCUT2D eigenvalue weighted by molar-refractivity contribution is 0.596. The molecule has 0 atom stereocenters. The van der Waals surface area contributed by atoms with Crippen LogP contribution in [0.25, 0.3) is 0 Å². The summed E-state index contributed by atoms with van der Waals surface area (Å²) in [6.45, 7) is 3.37. The van der Waals surface area contributed by atoms with E-state index < -0.39 is 0 Å². The lowest BCUT2D eigenvalue weighted by Gasteiger charge is -2.06. The van der Waals surface area contributed by atoms with Crippen LogP contribution in [0.3, 0.4) is 0 Å². The van der Waals surface area contributed by atoms with Gasteiger partial charge in [-0.05, 0) is 47.2 Å². The molecule has 0 aliphatic carbocycles. The number of rotatable bonds is 9. The normalized spacial score (nSPS) is 10.5. The third kappa shape index (κ3) is 7.63. The molecule has 1 aromatic rings. The van der Waals surface area contributed by atoms with E-state index in [1.807, 2.05) is 0 Å². The van der Waals surface area contributed by atoms with Crippen LogP contribution in [0.1, 0.15) is 51.9 Å². The smallest absolute Gasteiger partial charge is 0.0350 e. The number of hydrogen-bond donors (Lipinski definition) is 1. The summed E-state index contributed by atoms with van der Waals surface area (Å²) in [6.07, 6.45) is 9.62. The Morgan fingerprint density at radius 3 is 2.41 bits per heavy atom. The minimum absolute atomic E-state index is 1.11. The Hall–Kier alpha value is -0.250. The molecule has 0 saturated heterocycles. The van der Waals surface area contributed by atoms with Gasteiger partial charge < -0.3 is 5.32 Å². The van der Waals surface area contributed by atoms with Crippen molar-refractivity contribution in [2.45, 2.75) is 51.9 Å². The molecule has 0 unspecified atom stereocenters. The fourth-order valence-electron chi connectivity index (χ4n) is 1.91. The summed E-state index contributed by atoms with van der Waals surface area (Å²) in [4.78, 5) is 0. The van der Waals surface area contributed by atoms with Crippen LogP contribution >= 0.6 is 22.6 Å². The van der Waals surface area contributed by atoms with E-state index in [4.69, 9.17) is 0 Å². The first-order chi connectivity index (χ1) is 8.33. The van der Waals surface area contributed by atoms with Crippen molar-refractivity contribution >= 4 is 28.3 Å². The van der Waals surface area contributed by atoms with Crippen molar-refractivity contribution in [1.82, 2.24) is 0 Å². The van der Waals surface area contributed by atoms with E-state index in [9.17, 15) is 0 Å². The standard InChI is InChI=1S/C15H24IN/c1-2-3-4-5-6-7-8-12-17-15-11-9-10-14(16)13-15/h9-11,13,17H,2-8,12H2,1H3. The minimum atomic E-state index is 1.11. The van der Waals surface area contributed by atoms with E-state index >= 15 is 0 Å². The molecule has 1 rings (SSSR count). The first kappa shape index (κ1) is 14.8. The third-order valence-electron chi connectivity index (χ3n) is 2.93. The van der Waals surface area contributed by atoms with Crippen LogP contribution in [0.5, 0.6) is 0 Å². The fourth-order valence-corrected chi connectivity index (χ4v) is 2.46. The molecule has 0 radical (unpaired) electrons. The van der Waals surface area contributed by atoms with Crippen LogP contribution in [0, 0.1) is 3.57 Å². The van der Waals surface area contributed by atoms with Crippen molar-refractivity contribution in [3.63, 3.8) is 0 Å². The van der Waals surface area contributed by atoms with E-state index in [2.05, 4.69) is 59.1 Å². The average Bonchev–Trinajstić information content (AvgIpc) is 2.33. The highest BCUT2D eigenvalue weighted by Gasteiger charge is 1.93. The van der Waals surface area contributed by atoms with Crippen molar-refractivity contribution in [2.75, 3.05) is 11.9 Å². The summed E-state index contributed by atoms with van der Waals surface area (Å²) < 4.78 is 1.30. The Balaban J connectivity index is 1.97. The van der Waals surface area contributed by atoms with Crippen LogP contribution in [0.15, 0.2) is 24.3 Å². The van der Waals surface area contributed by atoms with Crippen molar-refractivity contribution in [2.24, 2.45) is 0 Å². The molecule has 0 amide bonds. The van der Waals surface area contributed by atoms with Gasteiger partial charge in [0, 0.05) is 15.8 Å². The zero-order valence-electron chi connectivity index (χ0n) is 10.8. The predicted molar refractivity (Wildman–Crippen MR) is 85.6 cm³/mol. The number of hydrogen-bond acceptors (Lipinski definition) is 1. The highest BCUT2D eigenvalue weighted by molar-refractivity contribution is 14.1. The molecule has 96 valence electrons. The maximum absolute atomic E-state index is 3.48. The Labute approximate surface area is 120 Å². The minimum Gasteiger partial charge on any atom is -0.385 e. The monoisotopic (exact) mass is 345 g/mol.